The summed E-state index contributed by atoms with van der Waals surface area (Å²) in [5, 5.41) is 0. The van der Waals surface area contributed by atoms with Crippen molar-refractivity contribution in [1.29, 1.82) is 0 Å². The highest BCUT2D eigenvalue weighted by molar-refractivity contribution is 5.80. The Kier molecular flexibility index (Phi) is 3.46. The molecule has 0 spiro atoms. The Balaban J connectivity index is 2.21. The summed E-state index contributed by atoms with van der Waals surface area (Å²) in [7, 11) is 1.48. The van der Waals surface area contributed by atoms with Crippen molar-refractivity contribution in [2.45, 2.75) is 52.4 Å². The molecule has 0 aromatic heterocycles. The molecule has 1 aromatic carbocycles. The molecule has 1 saturated carbocycles. The van der Waals surface area contributed by atoms with Gasteiger partial charge in [-0.25, -0.2) is 0 Å². The van der Waals surface area contributed by atoms with Crippen LogP contribution in [0.1, 0.15) is 50.3 Å². The number of carbonyl (C=O) groups excluding carboxylic acids is 1. The van der Waals surface area contributed by atoms with E-state index >= 15 is 0 Å². The van der Waals surface area contributed by atoms with E-state index in [1.165, 1.54) is 23.8 Å². The number of aryl methyl sites for hydroxylation is 1. The van der Waals surface area contributed by atoms with E-state index in [1.807, 2.05) is 0 Å². The van der Waals surface area contributed by atoms with Crippen LogP contribution >= 0.6 is 0 Å². The Bertz CT molecular complexity index is 490. The number of ether oxygens (including phenoxy) is 1. The lowest BCUT2D eigenvalue weighted by atomic mass is 9.84. The number of esters is 1. The molecule has 0 unspecified atom stereocenters. The minimum atomic E-state index is -0.233. The van der Waals surface area contributed by atoms with Gasteiger partial charge in [-0.1, -0.05) is 39.0 Å². The first-order valence-electron chi connectivity index (χ1n) is 6.97. The number of carbonyl (C=O) groups is 1. The molecule has 0 saturated heterocycles. The van der Waals surface area contributed by atoms with Gasteiger partial charge in [0.05, 0.1) is 12.5 Å². The molecule has 0 N–H and O–H groups in total. The normalized spacial score (nSPS) is 17.1. The second-order valence-corrected chi connectivity index (χ2v) is 6.84. The van der Waals surface area contributed by atoms with Crippen molar-refractivity contribution in [3.8, 4) is 0 Å². The molecule has 0 bridgehead atoms. The average Bonchev–Trinajstić information content (AvgIpc) is 3.10. The van der Waals surface area contributed by atoms with E-state index in [2.05, 4.69) is 45.9 Å². The fourth-order valence-corrected chi connectivity index (χ4v) is 2.55. The van der Waals surface area contributed by atoms with Gasteiger partial charge < -0.3 is 4.74 Å². The lowest BCUT2D eigenvalue weighted by molar-refractivity contribution is -0.147. The van der Waals surface area contributed by atoms with E-state index in [0.29, 0.717) is 0 Å². The lowest BCUT2D eigenvalue weighted by Gasteiger charge is -2.21. The molecule has 0 amide bonds. The van der Waals surface area contributed by atoms with Crippen LogP contribution in [0, 0.1) is 12.3 Å². The van der Waals surface area contributed by atoms with Crippen LogP contribution in [0.25, 0.3) is 0 Å². The van der Waals surface area contributed by atoms with Gasteiger partial charge in [-0.3, -0.25) is 4.79 Å². The summed E-state index contributed by atoms with van der Waals surface area (Å²) in [5.41, 5.74) is 3.83. The van der Waals surface area contributed by atoms with Gasteiger partial charge in [0.25, 0.3) is 0 Å². The number of benzene rings is 1. The van der Waals surface area contributed by atoms with Crippen molar-refractivity contribution < 1.29 is 9.53 Å². The predicted molar refractivity (Wildman–Crippen MR) is 77.3 cm³/mol. The summed E-state index contributed by atoms with van der Waals surface area (Å²) >= 11 is 0. The second-order valence-electron chi connectivity index (χ2n) is 6.84. The molecule has 0 radical (unpaired) electrons. The number of hydrogen-bond donors (Lipinski definition) is 0. The van der Waals surface area contributed by atoms with Crippen molar-refractivity contribution in [1.82, 2.24) is 0 Å². The van der Waals surface area contributed by atoms with Crippen LogP contribution in [0.15, 0.2) is 18.2 Å². The second kappa shape index (κ2) is 4.66. The van der Waals surface area contributed by atoms with Gasteiger partial charge in [0.1, 0.15) is 0 Å². The maximum absolute atomic E-state index is 11.8. The van der Waals surface area contributed by atoms with Gasteiger partial charge in [0.2, 0.25) is 0 Å². The molecule has 1 aliphatic carbocycles. The molecule has 0 atom stereocenters. The van der Waals surface area contributed by atoms with Gasteiger partial charge in [-0.05, 0) is 48.3 Å². The summed E-state index contributed by atoms with van der Waals surface area (Å²) in [6.45, 7) is 8.80. The highest BCUT2D eigenvalue weighted by Crippen LogP contribution is 2.49. The quantitative estimate of drug-likeness (QED) is 0.773. The van der Waals surface area contributed by atoms with E-state index in [1.54, 1.807) is 0 Å². The minimum Gasteiger partial charge on any atom is -0.469 e. The standard InChI is InChI=1S/C17H24O2/c1-12-10-14(16(2,3)4)7-6-13(12)11-17(8-9-17)15(18)19-5/h6-7,10H,8-9,11H2,1-5H3. The van der Waals surface area contributed by atoms with Crippen molar-refractivity contribution in [3.05, 3.63) is 34.9 Å². The Morgan fingerprint density at radius 2 is 1.95 bits per heavy atom. The van der Waals surface area contributed by atoms with Crippen LogP contribution in [-0.2, 0) is 21.4 Å². The Morgan fingerprint density at radius 3 is 2.37 bits per heavy atom. The first-order valence-corrected chi connectivity index (χ1v) is 6.97. The fraction of sp³-hybridized carbons (Fsp3) is 0.588. The third-order valence-electron chi connectivity index (χ3n) is 4.21. The van der Waals surface area contributed by atoms with Crippen LogP contribution in [0.5, 0.6) is 0 Å². The van der Waals surface area contributed by atoms with Crippen LogP contribution < -0.4 is 0 Å². The third kappa shape index (κ3) is 2.83. The van der Waals surface area contributed by atoms with Crippen molar-refractivity contribution in [3.63, 3.8) is 0 Å². The Morgan fingerprint density at radius 1 is 1.32 bits per heavy atom. The van der Waals surface area contributed by atoms with Gasteiger partial charge >= 0.3 is 5.97 Å². The first-order chi connectivity index (χ1) is 8.78. The number of methoxy groups -OCH3 is 1. The Hall–Kier alpha value is -1.31. The predicted octanol–water partition coefficient (Wildman–Crippen LogP) is 3.79. The lowest BCUT2D eigenvalue weighted by Crippen LogP contribution is -2.20. The zero-order valence-corrected chi connectivity index (χ0v) is 12.7. The molecular formula is C17H24O2. The molecular weight excluding hydrogens is 236 g/mol. The largest absolute Gasteiger partial charge is 0.469 e. The van der Waals surface area contributed by atoms with E-state index in [9.17, 15) is 4.79 Å². The van der Waals surface area contributed by atoms with Crippen LogP contribution in [0.2, 0.25) is 0 Å². The maximum atomic E-state index is 11.8. The minimum absolute atomic E-state index is 0.0493. The highest BCUT2D eigenvalue weighted by atomic mass is 16.5. The van der Waals surface area contributed by atoms with Gasteiger partial charge in [-0.2, -0.15) is 0 Å². The van der Waals surface area contributed by atoms with Crippen molar-refractivity contribution in [2.24, 2.45) is 5.41 Å². The summed E-state index contributed by atoms with van der Waals surface area (Å²) in [6, 6.07) is 6.62. The van der Waals surface area contributed by atoms with E-state index in [0.717, 1.165) is 19.3 Å². The van der Waals surface area contributed by atoms with Crippen LogP contribution in [0.3, 0.4) is 0 Å². The number of hydrogen-bond acceptors (Lipinski definition) is 2. The molecule has 2 rings (SSSR count). The first kappa shape index (κ1) is 14.1. The third-order valence-corrected chi connectivity index (χ3v) is 4.21. The summed E-state index contributed by atoms with van der Waals surface area (Å²) in [4.78, 5) is 11.8. The molecule has 104 valence electrons. The van der Waals surface area contributed by atoms with E-state index in [-0.39, 0.29) is 16.8 Å². The van der Waals surface area contributed by atoms with E-state index < -0.39 is 0 Å². The average molecular weight is 260 g/mol. The molecule has 19 heavy (non-hydrogen) atoms. The van der Waals surface area contributed by atoms with Crippen LogP contribution in [-0.4, -0.2) is 13.1 Å². The Labute approximate surface area is 116 Å². The van der Waals surface area contributed by atoms with E-state index in [4.69, 9.17) is 4.74 Å². The zero-order chi connectivity index (χ0) is 14.3. The molecule has 1 aromatic rings. The molecule has 2 heteroatoms. The number of rotatable bonds is 3. The van der Waals surface area contributed by atoms with Gasteiger partial charge in [-0.15, -0.1) is 0 Å². The van der Waals surface area contributed by atoms with Gasteiger partial charge in [0.15, 0.2) is 0 Å². The van der Waals surface area contributed by atoms with Crippen LogP contribution in [0.4, 0.5) is 0 Å². The highest BCUT2D eigenvalue weighted by Gasteiger charge is 2.50. The van der Waals surface area contributed by atoms with Crippen molar-refractivity contribution >= 4 is 5.97 Å². The maximum Gasteiger partial charge on any atom is 0.312 e. The fourth-order valence-electron chi connectivity index (χ4n) is 2.55. The zero-order valence-electron chi connectivity index (χ0n) is 12.7. The molecule has 1 fully saturated rings. The molecule has 0 heterocycles. The summed E-state index contributed by atoms with van der Waals surface area (Å²) < 4.78 is 4.93. The molecule has 2 nitrogen and oxygen atoms in total. The SMILES string of the molecule is COC(=O)C1(Cc2ccc(C(C)(C)C)cc2C)CC1. The monoisotopic (exact) mass is 260 g/mol. The molecule has 1 aliphatic rings. The topological polar surface area (TPSA) is 26.3 Å². The van der Waals surface area contributed by atoms with Crippen molar-refractivity contribution in [2.75, 3.05) is 7.11 Å². The smallest absolute Gasteiger partial charge is 0.312 e. The van der Waals surface area contributed by atoms with Gasteiger partial charge in [0, 0.05) is 0 Å². The summed E-state index contributed by atoms with van der Waals surface area (Å²) in [5.74, 6) is -0.0493. The molecule has 0 aliphatic heterocycles. The summed E-state index contributed by atoms with van der Waals surface area (Å²) in [6.07, 6.45) is 2.73.